The van der Waals surface area contributed by atoms with Crippen LogP contribution in [0, 0.1) is 12.7 Å². The van der Waals surface area contributed by atoms with Crippen LogP contribution in [0.15, 0.2) is 18.5 Å². The predicted octanol–water partition coefficient (Wildman–Crippen LogP) is 0.965. The van der Waals surface area contributed by atoms with Crippen LogP contribution in [-0.2, 0) is 16.1 Å². The molecule has 3 aromatic rings. The first-order valence-electron chi connectivity index (χ1n) is 10.6. The topological polar surface area (TPSA) is 110 Å². The van der Waals surface area contributed by atoms with E-state index in [1.165, 1.54) is 0 Å². The van der Waals surface area contributed by atoms with Crippen molar-refractivity contribution in [3.63, 3.8) is 0 Å². The molecule has 0 radical (unpaired) electrons. The number of aryl methyl sites for hydroxylation is 1. The minimum absolute atomic E-state index is 0.00139. The highest BCUT2D eigenvalue weighted by Crippen LogP contribution is 2.29. The molecule has 1 fully saturated rings. The van der Waals surface area contributed by atoms with Crippen LogP contribution in [0.2, 0.25) is 0 Å². The smallest absolute Gasteiger partial charge is 0.239 e. The van der Waals surface area contributed by atoms with E-state index in [-0.39, 0.29) is 29.8 Å². The summed E-state index contributed by atoms with van der Waals surface area (Å²) >= 11 is 0. The summed E-state index contributed by atoms with van der Waals surface area (Å²) in [7, 11) is 3.40. The molecular weight excluding hydrogens is 415 g/mol. The molecule has 2 N–H and O–H groups in total. The molecule has 1 amide bonds. The zero-order chi connectivity index (χ0) is 22.4. The fourth-order valence-corrected chi connectivity index (χ4v) is 4.48. The second kappa shape index (κ2) is 8.06. The molecule has 3 aromatic heterocycles. The van der Waals surface area contributed by atoms with Crippen LogP contribution in [0.3, 0.4) is 0 Å². The number of pyridine rings is 1. The molecule has 5 heterocycles. The van der Waals surface area contributed by atoms with E-state index < -0.39 is 5.82 Å². The average molecular weight is 440 g/mol. The summed E-state index contributed by atoms with van der Waals surface area (Å²) in [5, 5.41) is 6.48. The number of rotatable bonds is 1. The Bertz CT molecular complexity index is 1180. The fraction of sp³-hybridized carbons (Fsp3) is 0.476. The molecule has 168 valence electrons. The van der Waals surface area contributed by atoms with Gasteiger partial charge < -0.3 is 24.8 Å². The number of hydrogen-bond acceptors (Lipinski definition) is 8. The first kappa shape index (κ1) is 20.7. The molecule has 11 heteroatoms. The number of fused-ring (bicyclic) bond motifs is 5. The SMILES string of the molecule is CO[C@H]1CN(C)C(=O)[C@@H]2C[C@@H](CN2)Nc2ncc(F)c(n2)-c2nccc3nc(C)n(c23)C1. The summed E-state index contributed by atoms with van der Waals surface area (Å²) in [6, 6.07) is 1.41. The Morgan fingerprint density at radius 3 is 2.88 bits per heavy atom. The van der Waals surface area contributed by atoms with Crippen molar-refractivity contribution < 1.29 is 13.9 Å². The predicted molar refractivity (Wildman–Crippen MR) is 116 cm³/mol. The molecule has 4 bridgehead atoms. The van der Waals surface area contributed by atoms with Crippen LogP contribution >= 0.6 is 0 Å². The number of halogens is 1. The number of carbonyl (C=O) groups is 1. The van der Waals surface area contributed by atoms with E-state index in [4.69, 9.17) is 4.74 Å². The van der Waals surface area contributed by atoms with Gasteiger partial charge in [0.1, 0.15) is 17.2 Å². The van der Waals surface area contributed by atoms with Crippen molar-refractivity contribution in [3.8, 4) is 11.4 Å². The lowest BCUT2D eigenvalue weighted by Crippen LogP contribution is -2.45. The van der Waals surface area contributed by atoms with Crippen LogP contribution in [0.25, 0.3) is 22.4 Å². The van der Waals surface area contributed by atoms with Gasteiger partial charge in [-0.2, -0.15) is 0 Å². The van der Waals surface area contributed by atoms with E-state index in [1.54, 1.807) is 31.3 Å². The molecular formula is C21H25FN8O2. The van der Waals surface area contributed by atoms with Crippen molar-refractivity contribution in [2.24, 2.45) is 0 Å². The molecule has 0 saturated carbocycles. The standard InChI is InChI=1S/C21H25FN8O2/c1-11-26-15-4-5-23-18-17-14(22)8-25-21(28-17)27-12-6-16(24-7-12)20(31)29(2)9-13(32-3)10-30(11)19(15)18/h4-5,8,12-13,16,24H,6-7,9-10H2,1-3H3,(H,25,27,28)/t12-,13-,16-/m0/s1. The first-order chi connectivity index (χ1) is 15.4. The Kier molecular flexibility index (Phi) is 5.22. The summed E-state index contributed by atoms with van der Waals surface area (Å²) in [6.45, 7) is 3.29. The number of aromatic nitrogens is 5. The Balaban J connectivity index is 1.69. The number of carbonyl (C=O) groups excluding carboxylic acids is 1. The van der Waals surface area contributed by atoms with Gasteiger partial charge in [-0.3, -0.25) is 9.78 Å². The van der Waals surface area contributed by atoms with E-state index >= 15 is 0 Å². The normalized spacial score (nSPS) is 23.7. The lowest BCUT2D eigenvalue weighted by Gasteiger charge is -2.26. The van der Waals surface area contributed by atoms with E-state index in [1.807, 2.05) is 11.5 Å². The van der Waals surface area contributed by atoms with Gasteiger partial charge in [0, 0.05) is 39.5 Å². The molecule has 1 saturated heterocycles. The zero-order valence-corrected chi connectivity index (χ0v) is 18.2. The van der Waals surface area contributed by atoms with Gasteiger partial charge in [-0.15, -0.1) is 0 Å². The molecule has 3 atom stereocenters. The molecule has 5 rings (SSSR count). The van der Waals surface area contributed by atoms with Gasteiger partial charge >= 0.3 is 0 Å². The van der Waals surface area contributed by atoms with Gasteiger partial charge in [0.25, 0.3) is 0 Å². The number of methoxy groups -OCH3 is 1. The Hall–Kier alpha value is -3.18. The molecule has 0 aliphatic carbocycles. The highest BCUT2D eigenvalue weighted by molar-refractivity contribution is 5.89. The summed E-state index contributed by atoms with van der Waals surface area (Å²) in [6.07, 6.45) is 3.03. The third-order valence-corrected chi connectivity index (χ3v) is 6.15. The van der Waals surface area contributed by atoms with Gasteiger partial charge in [0.05, 0.1) is 35.9 Å². The third kappa shape index (κ3) is 3.56. The fourth-order valence-electron chi connectivity index (χ4n) is 4.48. The maximum absolute atomic E-state index is 14.9. The van der Waals surface area contributed by atoms with Gasteiger partial charge in [0.2, 0.25) is 11.9 Å². The molecule has 0 aromatic carbocycles. The molecule has 32 heavy (non-hydrogen) atoms. The summed E-state index contributed by atoms with van der Waals surface area (Å²) < 4.78 is 22.6. The number of nitrogens with zero attached hydrogens (tertiary/aromatic N) is 6. The summed E-state index contributed by atoms with van der Waals surface area (Å²) in [4.78, 5) is 32.3. The minimum Gasteiger partial charge on any atom is -0.378 e. The van der Waals surface area contributed by atoms with E-state index in [2.05, 4.69) is 30.6 Å². The molecule has 10 nitrogen and oxygen atoms in total. The number of anilines is 1. The maximum Gasteiger partial charge on any atom is 0.239 e. The van der Waals surface area contributed by atoms with Crippen LogP contribution < -0.4 is 10.6 Å². The van der Waals surface area contributed by atoms with Crippen molar-refractivity contribution in [1.29, 1.82) is 0 Å². The first-order valence-corrected chi connectivity index (χ1v) is 10.6. The number of hydrogen-bond donors (Lipinski definition) is 2. The largest absolute Gasteiger partial charge is 0.378 e. The van der Waals surface area contributed by atoms with Crippen molar-refractivity contribution in [3.05, 3.63) is 30.1 Å². The number of ether oxygens (including phenoxy) is 1. The maximum atomic E-state index is 14.9. The van der Waals surface area contributed by atoms with E-state index in [0.717, 1.165) is 12.0 Å². The molecule has 2 aliphatic rings. The zero-order valence-electron chi connectivity index (χ0n) is 18.2. The highest BCUT2D eigenvalue weighted by Gasteiger charge is 2.33. The monoisotopic (exact) mass is 440 g/mol. The number of amides is 1. The van der Waals surface area contributed by atoms with Gasteiger partial charge in [-0.1, -0.05) is 0 Å². The van der Waals surface area contributed by atoms with Crippen LogP contribution in [-0.4, -0.2) is 80.7 Å². The third-order valence-electron chi connectivity index (χ3n) is 6.15. The van der Waals surface area contributed by atoms with Crippen molar-refractivity contribution in [2.45, 2.75) is 38.1 Å². The molecule has 0 unspecified atom stereocenters. The quantitative estimate of drug-likeness (QED) is 0.576. The lowest BCUT2D eigenvalue weighted by atomic mass is 10.1. The highest BCUT2D eigenvalue weighted by atomic mass is 19.1. The Morgan fingerprint density at radius 1 is 1.22 bits per heavy atom. The Morgan fingerprint density at radius 2 is 2.06 bits per heavy atom. The number of imidazole rings is 1. The van der Waals surface area contributed by atoms with Gasteiger partial charge in [-0.05, 0) is 19.4 Å². The second-order valence-corrected chi connectivity index (χ2v) is 8.30. The second-order valence-electron chi connectivity index (χ2n) is 8.30. The number of nitrogens with one attached hydrogen (secondary N) is 2. The molecule has 2 aliphatic heterocycles. The van der Waals surface area contributed by atoms with E-state index in [0.29, 0.717) is 48.7 Å². The molecule has 0 spiro atoms. The van der Waals surface area contributed by atoms with Crippen molar-refractivity contribution >= 4 is 22.9 Å². The van der Waals surface area contributed by atoms with Crippen molar-refractivity contribution in [2.75, 3.05) is 32.6 Å². The van der Waals surface area contributed by atoms with Gasteiger partial charge in [-0.25, -0.2) is 19.3 Å². The lowest BCUT2D eigenvalue weighted by molar-refractivity contribution is -0.133. The Labute approximate surface area is 184 Å². The number of likely N-dealkylation sites (N-methyl/N-ethyl adjacent to an activating group) is 1. The average Bonchev–Trinajstić information content (AvgIpc) is 3.37. The van der Waals surface area contributed by atoms with Gasteiger partial charge in [0.15, 0.2) is 5.82 Å². The van der Waals surface area contributed by atoms with Crippen LogP contribution in [0.1, 0.15) is 12.2 Å². The minimum atomic E-state index is -0.564. The van der Waals surface area contributed by atoms with Crippen molar-refractivity contribution in [1.82, 2.24) is 34.7 Å². The van der Waals surface area contributed by atoms with Crippen LogP contribution in [0.4, 0.5) is 10.3 Å². The van der Waals surface area contributed by atoms with E-state index in [9.17, 15) is 9.18 Å². The summed E-state index contributed by atoms with van der Waals surface area (Å²) in [5.41, 5.74) is 1.85. The van der Waals surface area contributed by atoms with Crippen LogP contribution in [0.5, 0.6) is 0 Å². The summed E-state index contributed by atoms with van der Waals surface area (Å²) in [5.74, 6) is 0.469.